The van der Waals surface area contributed by atoms with Crippen molar-refractivity contribution in [2.45, 2.75) is 18.6 Å². The van der Waals surface area contributed by atoms with Crippen molar-refractivity contribution in [2.75, 3.05) is 0 Å². The fourth-order valence-corrected chi connectivity index (χ4v) is 1.91. The third-order valence-electron chi connectivity index (χ3n) is 2.34. The molecule has 0 unspecified atom stereocenters. The molecule has 2 rings (SSSR count). The minimum absolute atomic E-state index is 0.265. The molecule has 1 aromatic rings. The first kappa shape index (κ1) is 8.05. The molecule has 2 nitrogen and oxygen atoms in total. The molecule has 2 atom stereocenters. The molecule has 3 N–H and O–H groups in total. The number of hydrogen-bond donors (Lipinski definition) is 2. The van der Waals surface area contributed by atoms with Gasteiger partial charge in [0.1, 0.15) is 0 Å². The molecule has 1 aliphatic rings. The number of rotatable bonds is 0. The average molecular weight is 184 g/mol. The number of halogens is 1. The van der Waals surface area contributed by atoms with Crippen LogP contribution in [0.3, 0.4) is 0 Å². The summed E-state index contributed by atoms with van der Waals surface area (Å²) in [7, 11) is 0. The third kappa shape index (κ3) is 1.04. The molecule has 0 aromatic heterocycles. The fourth-order valence-electron chi connectivity index (χ4n) is 1.65. The number of nitrogens with two attached hydrogens (primary N) is 1. The first-order valence-corrected chi connectivity index (χ1v) is 4.29. The van der Waals surface area contributed by atoms with Crippen molar-refractivity contribution in [1.82, 2.24) is 0 Å². The van der Waals surface area contributed by atoms with E-state index in [0.717, 1.165) is 11.1 Å². The van der Waals surface area contributed by atoms with Crippen LogP contribution in [0.5, 0.6) is 0 Å². The Morgan fingerprint density at radius 1 is 1.50 bits per heavy atom. The summed E-state index contributed by atoms with van der Waals surface area (Å²) in [6.07, 6.45) is 0.107. The lowest BCUT2D eigenvalue weighted by Gasteiger charge is -2.07. The number of aliphatic hydroxyl groups is 1. The van der Waals surface area contributed by atoms with Gasteiger partial charge < -0.3 is 10.8 Å². The van der Waals surface area contributed by atoms with Crippen molar-refractivity contribution >= 4 is 11.6 Å². The van der Waals surface area contributed by atoms with Crippen LogP contribution < -0.4 is 5.73 Å². The van der Waals surface area contributed by atoms with Crippen molar-refractivity contribution in [2.24, 2.45) is 5.73 Å². The second kappa shape index (κ2) is 2.73. The van der Waals surface area contributed by atoms with E-state index in [4.69, 9.17) is 17.3 Å². The van der Waals surface area contributed by atoms with Crippen molar-refractivity contribution < 1.29 is 5.11 Å². The highest BCUT2D eigenvalue weighted by Crippen LogP contribution is 2.33. The van der Waals surface area contributed by atoms with E-state index in [0.29, 0.717) is 11.4 Å². The Labute approximate surface area is 76.0 Å². The van der Waals surface area contributed by atoms with Crippen LogP contribution in [-0.4, -0.2) is 11.2 Å². The summed E-state index contributed by atoms with van der Waals surface area (Å²) in [6, 6.07) is 5.34. The second-order valence-corrected chi connectivity index (χ2v) is 3.51. The van der Waals surface area contributed by atoms with Gasteiger partial charge in [-0.05, 0) is 17.2 Å². The Hall–Kier alpha value is -0.570. The number of fused-ring (bicyclic) bond motifs is 1. The summed E-state index contributed by atoms with van der Waals surface area (Å²) < 4.78 is 0. The lowest BCUT2D eigenvalue weighted by Crippen LogP contribution is -2.21. The molecule has 0 radical (unpaired) electrons. The summed E-state index contributed by atoms with van der Waals surface area (Å²) in [5.41, 5.74) is 7.73. The van der Waals surface area contributed by atoms with Crippen LogP contribution in [0, 0.1) is 0 Å². The minimum atomic E-state index is -0.472. The van der Waals surface area contributed by atoms with Gasteiger partial charge in [-0.15, -0.1) is 0 Å². The molecule has 0 saturated carbocycles. The third-order valence-corrected chi connectivity index (χ3v) is 2.70. The fraction of sp³-hybridized carbons (Fsp3) is 0.333. The molecule has 0 saturated heterocycles. The van der Waals surface area contributed by atoms with Gasteiger partial charge in [0.25, 0.3) is 0 Å². The van der Waals surface area contributed by atoms with Gasteiger partial charge in [0.05, 0.1) is 12.1 Å². The number of aliphatic hydroxyl groups excluding tert-OH is 1. The van der Waals surface area contributed by atoms with Crippen molar-refractivity contribution in [3.05, 3.63) is 34.3 Å². The van der Waals surface area contributed by atoms with Crippen LogP contribution in [0.1, 0.15) is 17.2 Å². The molecule has 3 heteroatoms. The van der Waals surface area contributed by atoms with Crippen LogP contribution in [0.2, 0.25) is 5.02 Å². The summed E-state index contributed by atoms with van der Waals surface area (Å²) >= 11 is 5.93. The van der Waals surface area contributed by atoms with Gasteiger partial charge in [-0.2, -0.15) is 0 Å². The lowest BCUT2D eigenvalue weighted by molar-refractivity contribution is 0.158. The molecule has 0 amide bonds. The number of hydrogen-bond acceptors (Lipinski definition) is 2. The molecule has 0 bridgehead atoms. The first-order valence-electron chi connectivity index (χ1n) is 3.91. The molecule has 0 heterocycles. The molecule has 0 fully saturated rings. The quantitative estimate of drug-likeness (QED) is 0.636. The largest absolute Gasteiger partial charge is 0.391 e. The SMILES string of the molecule is N[C@@H]1c2cccc(Cl)c2C[C@H]1O. The normalized spacial score (nSPS) is 27.2. The van der Waals surface area contributed by atoms with Gasteiger partial charge in [0, 0.05) is 11.4 Å². The lowest BCUT2D eigenvalue weighted by atomic mass is 10.1. The Morgan fingerprint density at radius 2 is 2.25 bits per heavy atom. The zero-order valence-corrected chi connectivity index (χ0v) is 7.25. The monoisotopic (exact) mass is 183 g/mol. The summed E-state index contributed by atoms with van der Waals surface area (Å²) in [5, 5.41) is 10.2. The zero-order chi connectivity index (χ0) is 8.72. The van der Waals surface area contributed by atoms with E-state index in [1.54, 1.807) is 0 Å². The molecule has 12 heavy (non-hydrogen) atoms. The van der Waals surface area contributed by atoms with E-state index in [1.165, 1.54) is 0 Å². The van der Waals surface area contributed by atoms with Crippen molar-refractivity contribution in [3.8, 4) is 0 Å². The smallest absolute Gasteiger partial charge is 0.0773 e. The van der Waals surface area contributed by atoms with Crippen molar-refractivity contribution in [3.63, 3.8) is 0 Å². The van der Waals surface area contributed by atoms with Crippen LogP contribution in [0.15, 0.2) is 18.2 Å². The predicted octanol–water partition coefficient (Wildman–Crippen LogP) is 1.26. The standard InChI is InChI=1S/C9H10ClNO/c10-7-3-1-2-5-6(7)4-8(12)9(5)11/h1-3,8-9,12H,4,11H2/t8-,9-/m1/s1. The highest BCUT2D eigenvalue weighted by Gasteiger charge is 2.28. The maximum Gasteiger partial charge on any atom is 0.0773 e. The molecule has 64 valence electrons. The van der Waals surface area contributed by atoms with Crippen LogP contribution in [0.4, 0.5) is 0 Å². The molecule has 0 aliphatic heterocycles. The molecule has 1 aromatic carbocycles. The highest BCUT2D eigenvalue weighted by molar-refractivity contribution is 6.31. The summed E-state index contributed by atoms with van der Waals surface area (Å²) in [4.78, 5) is 0. The van der Waals surface area contributed by atoms with E-state index in [2.05, 4.69) is 0 Å². The Morgan fingerprint density at radius 3 is 2.92 bits per heavy atom. The van der Waals surface area contributed by atoms with Crippen molar-refractivity contribution in [1.29, 1.82) is 0 Å². The maximum absolute atomic E-state index is 9.46. The van der Waals surface area contributed by atoms with E-state index in [1.807, 2.05) is 18.2 Å². The van der Waals surface area contributed by atoms with Gasteiger partial charge in [-0.25, -0.2) is 0 Å². The molecular weight excluding hydrogens is 174 g/mol. The highest BCUT2D eigenvalue weighted by atomic mass is 35.5. The van der Waals surface area contributed by atoms with Crippen LogP contribution in [0.25, 0.3) is 0 Å². The molecular formula is C9H10ClNO. The van der Waals surface area contributed by atoms with Gasteiger partial charge in [0.2, 0.25) is 0 Å². The topological polar surface area (TPSA) is 46.2 Å². The first-order chi connectivity index (χ1) is 5.70. The van der Waals surface area contributed by atoms with Crippen LogP contribution >= 0.6 is 11.6 Å². The van der Waals surface area contributed by atoms with E-state index in [9.17, 15) is 5.11 Å². The zero-order valence-electron chi connectivity index (χ0n) is 6.50. The Balaban J connectivity index is 2.53. The predicted molar refractivity (Wildman–Crippen MR) is 48.1 cm³/mol. The second-order valence-electron chi connectivity index (χ2n) is 3.10. The van der Waals surface area contributed by atoms with Gasteiger partial charge in [-0.3, -0.25) is 0 Å². The summed E-state index contributed by atoms with van der Waals surface area (Å²) in [5.74, 6) is 0. The van der Waals surface area contributed by atoms with Crippen LogP contribution in [-0.2, 0) is 6.42 Å². The maximum atomic E-state index is 9.46. The Bertz CT molecular complexity index is 313. The number of benzene rings is 1. The average Bonchev–Trinajstić information content (AvgIpc) is 2.32. The van der Waals surface area contributed by atoms with E-state index < -0.39 is 6.10 Å². The van der Waals surface area contributed by atoms with Gasteiger partial charge in [0.15, 0.2) is 0 Å². The van der Waals surface area contributed by atoms with E-state index in [-0.39, 0.29) is 6.04 Å². The van der Waals surface area contributed by atoms with Gasteiger partial charge >= 0.3 is 0 Å². The van der Waals surface area contributed by atoms with E-state index >= 15 is 0 Å². The van der Waals surface area contributed by atoms with Gasteiger partial charge in [-0.1, -0.05) is 23.7 Å². The summed E-state index contributed by atoms with van der Waals surface area (Å²) in [6.45, 7) is 0. The Kier molecular flexibility index (Phi) is 1.83. The molecule has 1 aliphatic carbocycles. The minimum Gasteiger partial charge on any atom is -0.391 e. The molecule has 0 spiro atoms.